The molecule has 36 heavy (non-hydrogen) atoms. The van der Waals surface area contributed by atoms with Crippen molar-refractivity contribution in [2.45, 2.75) is 25.4 Å². The zero-order chi connectivity index (χ0) is 26.4. The van der Waals surface area contributed by atoms with Crippen LogP contribution in [0, 0.1) is 0 Å². The summed E-state index contributed by atoms with van der Waals surface area (Å²) in [6.45, 7) is 0. The van der Waals surface area contributed by atoms with Gasteiger partial charge in [-0.3, -0.25) is 0 Å². The average Bonchev–Trinajstić information content (AvgIpc) is 2.83. The van der Waals surface area contributed by atoms with Crippen LogP contribution in [0.25, 0.3) is 6.08 Å². The lowest BCUT2D eigenvalue weighted by atomic mass is 9.97. The van der Waals surface area contributed by atoms with Gasteiger partial charge in [0.25, 0.3) is 0 Å². The lowest BCUT2D eigenvalue weighted by Gasteiger charge is -2.13. The maximum absolute atomic E-state index is 12.3. The van der Waals surface area contributed by atoms with E-state index in [1.54, 1.807) is 6.07 Å². The van der Waals surface area contributed by atoms with Crippen molar-refractivity contribution in [2.24, 2.45) is 0 Å². The van der Waals surface area contributed by atoms with E-state index in [9.17, 15) is 45.3 Å². The third kappa shape index (κ3) is 6.38. The molecule has 0 aromatic heterocycles. The van der Waals surface area contributed by atoms with E-state index in [1.807, 2.05) is 0 Å². The van der Waals surface area contributed by atoms with Gasteiger partial charge in [-0.1, -0.05) is 18.2 Å². The molecule has 0 saturated heterocycles. The van der Waals surface area contributed by atoms with Crippen molar-refractivity contribution < 1.29 is 50.1 Å². The van der Waals surface area contributed by atoms with E-state index in [0.29, 0.717) is 28.7 Å². The van der Waals surface area contributed by atoms with Gasteiger partial charge in [0.05, 0.1) is 0 Å². The van der Waals surface area contributed by atoms with E-state index in [1.165, 1.54) is 42.5 Å². The molecular weight excluding hydrogens is 472 g/mol. The molecule has 0 aliphatic carbocycles. The highest BCUT2D eigenvalue weighted by atomic mass is 16.6. The maximum atomic E-state index is 12.3. The van der Waals surface area contributed by atoms with Crippen molar-refractivity contribution in [2.75, 3.05) is 0 Å². The monoisotopic (exact) mass is 496 g/mol. The first kappa shape index (κ1) is 25.8. The Morgan fingerprint density at radius 3 is 1.94 bits per heavy atom. The number of ether oxygens (including phenoxy) is 1. The number of phenolic OH excluding ortho intramolecular Hbond substituents is 6. The molecule has 10 nitrogen and oxygen atoms in total. The summed E-state index contributed by atoms with van der Waals surface area (Å²) in [6.07, 6.45) is 0.967. The second-order valence-corrected chi connectivity index (χ2v) is 7.95. The molecule has 0 aliphatic rings. The highest BCUT2D eigenvalue weighted by molar-refractivity contribution is 5.89. The van der Waals surface area contributed by atoms with Crippen LogP contribution in [0.1, 0.15) is 22.3 Å². The number of hydrogen-bond donors (Lipinski definition) is 7. The van der Waals surface area contributed by atoms with Crippen molar-refractivity contribution in [1.82, 2.24) is 0 Å². The predicted octanol–water partition coefficient (Wildman–Crippen LogP) is 2.96. The topological polar surface area (TPSA) is 185 Å². The molecule has 0 aliphatic heterocycles. The third-order valence-electron chi connectivity index (χ3n) is 5.39. The zero-order valence-electron chi connectivity index (χ0n) is 18.8. The van der Waals surface area contributed by atoms with Crippen molar-refractivity contribution in [3.05, 3.63) is 76.9 Å². The Balaban J connectivity index is 1.74. The van der Waals surface area contributed by atoms with Gasteiger partial charge in [0.15, 0.2) is 34.5 Å². The fourth-order valence-corrected chi connectivity index (χ4v) is 3.48. The number of aliphatic carboxylic acids is 1. The fraction of sp³-hybridized carbons (Fsp3) is 0.154. The second kappa shape index (κ2) is 11.0. The van der Waals surface area contributed by atoms with Crippen molar-refractivity contribution in [3.8, 4) is 34.5 Å². The Kier molecular flexibility index (Phi) is 7.90. The summed E-state index contributed by atoms with van der Waals surface area (Å²) >= 11 is 0. The Labute approximate surface area is 205 Å². The molecule has 3 rings (SSSR count). The quantitative estimate of drug-likeness (QED) is 0.132. The Morgan fingerprint density at radius 2 is 1.33 bits per heavy atom. The van der Waals surface area contributed by atoms with Crippen molar-refractivity contribution in [1.29, 1.82) is 0 Å². The third-order valence-corrected chi connectivity index (χ3v) is 5.39. The summed E-state index contributed by atoms with van der Waals surface area (Å²) in [6, 6.07) is 10.7. The summed E-state index contributed by atoms with van der Waals surface area (Å²) < 4.78 is 5.02. The van der Waals surface area contributed by atoms with E-state index in [0.717, 1.165) is 12.1 Å². The first-order valence-corrected chi connectivity index (χ1v) is 10.7. The Bertz CT molecular complexity index is 1310. The van der Waals surface area contributed by atoms with Gasteiger partial charge in [-0.05, 0) is 65.9 Å². The summed E-state index contributed by atoms with van der Waals surface area (Å²) in [4.78, 5) is 23.9. The lowest BCUT2D eigenvalue weighted by molar-refractivity contribution is -0.160. The SMILES string of the molecule is O=C(/C=C/c1ccc(O)c(O)c1CCc1ccc(O)c(O)c1)O[C@@H](Cc1ccc(O)c(O)c1)C(=O)O. The number of rotatable bonds is 9. The van der Waals surface area contributed by atoms with Gasteiger partial charge in [0.2, 0.25) is 6.10 Å². The average molecular weight is 496 g/mol. The normalized spacial score (nSPS) is 11.9. The zero-order valence-corrected chi connectivity index (χ0v) is 18.8. The van der Waals surface area contributed by atoms with Crippen LogP contribution in [-0.2, 0) is 33.6 Å². The summed E-state index contributed by atoms with van der Waals surface area (Å²) in [5.41, 5.74) is 1.62. The van der Waals surface area contributed by atoms with Gasteiger partial charge in [-0.25, -0.2) is 9.59 Å². The number of aryl methyl sites for hydroxylation is 1. The van der Waals surface area contributed by atoms with Crippen LogP contribution < -0.4 is 0 Å². The van der Waals surface area contributed by atoms with Crippen LogP contribution in [-0.4, -0.2) is 53.8 Å². The largest absolute Gasteiger partial charge is 0.504 e. The van der Waals surface area contributed by atoms with E-state index in [-0.39, 0.29) is 35.8 Å². The Hall–Kier alpha value is -4.86. The van der Waals surface area contributed by atoms with E-state index in [2.05, 4.69) is 0 Å². The molecule has 0 amide bonds. The molecule has 7 N–H and O–H groups in total. The molecule has 10 heteroatoms. The van der Waals surface area contributed by atoms with Gasteiger partial charge in [-0.15, -0.1) is 0 Å². The summed E-state index contributed by atoms with van der Waals surface area (Å²) in [5, 5.41) is 67.7. The van der Waals surface area contributed by atoms with Crippen LogP contribution in [0.3, 0.4) is 0 Å². The molecule has 0 bridgehead atoms. The second-order valence-electron chi connectivity index (χ2n) is 7.95. The molecule has 0 fully saturated rings. The number of hydrogen-bond acceptors (Lipinski definition) is 9. The molecule has 0 saturated carbocycles. The minimum absolute atomic E-state index is 0.196. The first-order chi connectivity index (χ1) is 17.0. The van der Waals surface area contributed by atoms with E-state index in [4.69, 9.17) is 4.74 Å². The van der Waals surface area contributed by atoms with Crippen LogP contribution in [0.4, 0.5) is 0 Å². The molecule has 1 atom stereocenters. The molecule has 0 spiro atoms. The molecule has 0 heterocycles. The number of carboxylic acids is 1. The number of benzene rings is 3. The highest BCUT2D eigenvalue weighted by Crippen LogP contribution is 2.34. The first-order valence-electron chi connectivity index (χ1n) is 10.7. The van der Waals surface area contributed by atoms with Crippen LogP contribution >= 0.6 is 0 Å². The Morgan fingerprint density at radius 1 is 0.750 bits per heavy atom. The molecule has 3 aromatic rings. The molecule has 3 aromatic carbocycles. The van der Waals surface area contributed by atoms with Gasteiger partial charge in [0, 0.05) is 18.1 Å². The number of carboxylic acid groups (broad SMARTS) is 1. The van der Waals surface area contributed by atoms with Crippen LogP contribution in [0.5, 0.6) is 34.5 Å². The number of aromatic hydroxyl groups is 6. The van der Waals surface area contributed by atoms with Crippen molar-refractivity contribution >= 4 is 18.0 Å². The van der Waals surface area contributed by atoms with Crippen LogP contribution in [0.15, 0.2) is 54.6 Å². The number of phenols is 6. The van der Waals surface area contributed by atoms with E-state index >= 15 is 0 Å². The number of esters is 1. The predicted molar refractivity (Wildman–Crippen MR) is 127 cm³/mol. The summed E-state index contributed by atoms with van der Waals surface area (Å²) in [7, 11) is 0. The van der Waals surface area contributed by atoms with Gasteiger partial charge in [0.1, 0.15) is 0 Å². The summed E-state index contributed by atoms with van der Waals surface area (Å²) in [5.74, 6) is -4.55. The van der Waals surface area contributed by atoms with Crippen LogP contribution in [0.2, 0.25) is 0 Å². The van der Waals surface area contributed by atoms with Gasteiger partial charge >= 0.3 is 11.9 Å². The smallest absolute Gasteiger partial charge is 0.345 e. The number of carbonyl (C=O) groups is 2. The maximum Gasteiger partial charge on any atom is 0.345 e. The highest BCUT2D eigenvalue weighted by Gasteiger charge is 2.22. The lowest BCUT2D eigenvalue weighted by Crippen LogP contribution is -2.28. The minimum Gasteiger partial charge on any atom is -0.504 e. The standard InChI is InChI=1S/C26H24O10/c27-18-7-2-14(11-21(18)30)1-6-17-16(4-9-20(29)25(17)33)5-10-24(32)36-23(26(34)35)13-15-3-8-19(28)22(31)12-15/h2-5,7-12,23,27-31,33H,1,6,13H2,(H,34,35)/b10-5+/t23-/m0/s1. The molecule has 0 unspecified atom stereocenters. The van der Waals surface area contributed by atoms with E-state index < -0.39 is 29.5 Å². The fourth-order valence-electron chi connectivity index (χ4n) is 3.48. The van der Waals surface area contributed by atoms with Gasteiger partial charge in [-0.2, -0.15) is 0 Å². The van der Waals surface area contributed by atoms with Crippen molar-refractivity contribution in [3.63, 3.8) is 0 Å². The molecule has 0 radical (unpaired) electrons. The molecular formula is C26H24O10. The molecule has 188 valence electrons. The number of carbonyl (C=O) groups excluding carboxylic acids is 1. The van der Waals surface area contributed by atoms with Gasteiger partial charge < -0.3 is 40.5 Å². The minimum atomic E-state index is -1.57.